The monoisotopic (exact) mass is 264 g/mol. The van der Waals surface area contributed by atoms with Gasteiger partial charge in [0.25, 0.3) is 0 Å². The van der Waals surface area contributed by atoms with E-state index in [-0.39, 0.29) is 18.5 Å². The summed E-state index contributed by atoms with van der Waals surface area (Å²) >= 11 is 0. The maximum atomic E-state index is 13.5. The van der Waals surface area contributed by atoms with E-state index in [1.807, 2.05) is 7.05 Å². The normalized spacial score (nSPS) is 12.1. The van der Waals surface area contributed by atoms with Crippen LogP contribution in [0, 0.1) is 17.7 Å². The second-order valence-corrected chi connectivity index (χ2v) is 4.70. The van der Waals surface area contributed by atoms with Gasteiger partial charge >= 0.3 is 0 Å². The van der Waals surface area contributed by atoms with Crippen LogP contribution in [0.25, 0.3) is 0 Å². The summed E-state index contributed by atoms with van der Waals surface area (Å²) < 4.78 is 13.5. The van der Waals surface area contributed by atoms with Crippen LogP contribution in [-0.2, 0) is 6.54 Å². The lowest BCUT2D eigenvalue weighted by atomic mass is 10.1. The van der Waals surface area contributed by atoms with Crippen molar-refractivity contribution >= 4 is 0 Å². The molecule has 0 heterocycles. The summed E-state index contributed by atoms with van der Waals surface area (Å²) in [5.74, 6) is 5.06. The second kappa shape index (κ2) is 7.90. The lowest BCUT2D eigenvalue weighted by molar-refractivity contribution is 0.163. The van der Waals surface area contributed by atoms with Crippen molar-refractivity contribution in [1.82, 2.24) is 4.90 Å². The second-order valence-electron chi connectivity index (χ2n) is 4.70. The molecule has 0 fully saturated rings. The minimum absolute atomic E-state index is 0.220. The first-order valence-electron chi connectivity index (χ1n) is 6.37. The van der Waals surface area contributed by atoms with E-state index in [0.717, 1.165) is 18.5 Å². The average Bonchev–Trinajstić information content (AvgIpc) is 2.37. The SMILES string of the molecule is CC(O)CCN(C)Cc1ccc(F)c(C#CCN)c1. The molecule has 0 aliphatic heterocycles. The molecular weight excluding hydrogens is 243 g/mol. The predicted octanol–water partition coefficient (Wildman–Crippen LogP) is 1.34. The quantitative estimate of drug-likeness (QED) is 0.789. The van der Waals surface area contributed by atoms with Gasteiger partial charge in [-0.05, 0) is 38.1 Å². The van der Waals surface area contributed by atoms with Gasteiger partial charge in [0.1, 0.15) is 5.82 Å². The van der Waals surface area contributed by atoms with Gasteiger partial charge in [0, 0.05) is 13.1 Å². The van der Waals surface area contributed by atoms with Gasteiger partial charge in [0.2, 0.25) is 0 Å². The molecule has 104 valence electrons. The number of rotatable bonds is 5. The molecule has 1 rings (SSSR count). The van der Waals surface area contributed by atoms with Crippen LogP contribution in [0.4, 0.5) is 4.39 Å². The Balaban J connectivity index is 2.68. The van der Waals surface area contributed by atoms with Crippen LogP contribution in [0.2, 0.25) is 0 Å². The van der Waals surface area contributed by atoms with Gasteiger partial charge in [0.15, 0.2) is 0 Å². The molecule has 4 heteroatoms. The van der Waals surface area contributed by atoms with Crippen LogP contribution in [-0.4, -0.2) is 36.2 Å². The largest absolute Gasteiger partial charge is 0.393 e. The minimum Gasteiger partial charge on any atom is -0.393 e. The third-order valence-corrected chi connectivity index (χ3v) is 2.74. The van der Waals surface area contributed by atoms with Crippen molar-refractivity contribution in [1.29, 1.82) is 0 Å². The summed E-state index contributed by atoms with van der Waals surface area (Å²) in [5.41, 5.74) is 6.66. The summed E-state index contributed by atoms with van der Waals surface area (Å²) in [7, 11) is 1.97. The molecule has 1 unspecified atom stereocenters. The van der Waals surface area contributed by atoms with Crippen molar-refractivity contribution in [2.75, 3.05) is 20.1 Å². The number of aliphatic hydroxyl groups excluding tert-OH is 1. The van der Waals surface area contributed by atoms with E-state index in [4.69, 9.17) is 5.73 Å². The first-order valence-corrected chi connectivity index (χ1v) is 6.37. The zero-order valence-corrected chi connectivity index (χ0v) is 11.5. The van der Waals surface area contributed by atoms with Crippen molar-refractivity contribution < 1.29 is 9.50 Å². The number of halogens is 1. The number of aliphatic hydroxyl groups is 1. The van der Waals surface area contributed by atoms with Crippen molar-refractivity contribution in [2.24, 2.45) is 5.73 Å². The molecule has 3 nitrogen and oxygen atoms in total. The van der Waals surface area contributed by atoms with E-state index in [0.29, 0.717) is 12.1 Å². The molecule has 3 N–H and O–H groups in total. The van der Waals surface area contributed by atoms with Crippen LogP contribution in [0.15, 0.2) is 18.2 Å². The molecule has 0 aliphatic rings. The molecule has 0 bridgehead atoms. The Hall–Kier alpha value is -1.41. The number of hydrogen-bond donors (Lipinski definition) is 2. The Kier molecular flexibility index (Phi) is 6.51. The number of benzene rings is 1. The smallest absolute Gasteiger partial charge is 0.138 e. The van der Waals surface area contributed by atoms with Crippen molar-refractivity contribution in [3.05, 3.63) is 35.1 Å². The average molecular weight is 264 g/mol. The Morgan fingerprint density at radius 1 is 1.47 bits per heavy atom. The molecule has 0 amide bonds. The number of nitrogens with two attached hydrogens (primary N) is 1. The molecule has 1 aromatic rings. The van der Waals surface area contributed by atoms with Crippen LogP contribution >= 0.6 is 0 Å². The molecule has 0 aromatic heterocycles. The molecule has 0 spiro atoms. The molecule has 0 saturated heterocycles. The van der Waals surface area contributed by atoms with Crippen molar-refractivity contribution in [3.8, 4) is 11.8 Å². The predicted molar refractivity (Wildman–Crippen MR) is 75.0 cm³/mol. The zero-order valence-electron chi connectivity index (χ0n) is 11.5. The highest BCUT2D eigenvalue weighted by atomic mass is 19.1. The van der Waals surface area contributed by atoms with Crippen LogP contribution < -0.4 is 5.73 Å². The summed E-state index contributed by atoms with van der Waals surface area (Å²) in [5, 5.41) is 9.24. The summed E-state index contributed by atoms with van der Waals surface area (Å²) in [6, 6.07) is 4.93. The van der Waals surface area contributed by atoms with E-state index in [2.05, 4.69) is 16.7 Å². The topological polar surface area (TPSA) is 49.5 Å². The van der Waals surface area contributed by atoms with Gasteiger partial charge < -0.3 is 15.7 Å². The summed E-state index contributed by atoms with van der Waals surface area (Å²) in [4.78, 5) is 2.08. The summed E-state index contributed by atoms with van der Waals surface area (Å²) in [6.07, 6.45) is 0.416. The lowest BCUT2D eigenvalue weighted by Crippen LogP contribution is -2.22. The van der Waals surface area contributed by atoms with E-state index < -0.39 is 0 Å². The van der Waals surface area contributed by atoms with E-state index in [1.54, 1.807) is 19.1 Å². The van der Waals surface area contributed by atoms with E-state index >= 15 is 0 Å². The molecule has 1 aromatic carbocycles. The Morgan fingerprint density at radius 3 is 2.84 bits per heavy atom. The van der Waals surface area contributed by atoms with Gasteiger partial charge in [-0.2, -0.15) is 0 Å². The van der Waals surface area contributed by atoms with Crippen molar-refractivity contribution in [2.45, 2.75) is 26.0 Å². The fourth-order valence-electron chi connectivity index (χ4n) is 1.71. The molecule has 19 heavy (non-hydrogen) atoms. The fraction of sp³-hybridized carbons (Fsp3) is 0.467. The molecule has 0 radical (unpaired) electrons. The lowest BCUT2D eigenvalue weighted by Gasteiger charge is -2.17. The van der Waals surface area contributed by atoms with Gasteiger partial charge in [-0.1, -0.05) is 17.9 Å². The van der Waals surface area contributed by atoms with Gasteiger partial charge in [0.05, 0.1) is 18.2 Å². The standard InChI is InChI=1S/C15H21FN2O/c1-12(19)7-9-18(2)11-13-5-6-15(16)14(10-13)4-3-8-17/h5-6,10,12,19H,7-9,11,17H2,1-2H3. The van der Waals surface area contributed by atoms with Gasteiger partial charge in [-0.15, -0.1) is 0 Å². The Bertz CT molecular complexity index is 463. The van der Waals surface area contributed by atoms with Gasteiger partial charge in [-0.25, -0.2) is 4.39 Å². The Morgan fingerprint density at radius 2 is 2.21 bits per heavy atom. The highest BCUT2D eigenvalue weighted by molar-refractivity contribution is 5.38. The molecule has 0 aliphatic carbocycles. The maximum absolute atomic E-state index is 13.5. The maximum Gasteiger partial charge on any atom is 0.138 e. The van der Waals surface area contributed by atoms with Crippen molar-refractivity contribution in [3.63, 3.8) is 0 Å². The highest BCUT2D eigenvalue weighted by Gasteiger charge is 2.05. The number of hydrogen-bond acceptors (Lipinski definition) is 3. The fourth-order valence-corrected chi connectivity index (χ4v) is 1.71. The minimum atomic E-state index is -0.323. The third kappa shape index (κ3) is 5.84. The Labute approximate surface area is 114 Å². The number of nitrogens with zero attached hydrogens (tertiary/aromatic N) is 1. The van der Waals surface area contributed by atoms with E-state index in [1.165, 1.54) is 6.07 Å². The molecule has 0 saturated carbocycles. The zero-order chi connectivity index (χ0) is 14.3. The first kappa shape index (κ1) is 15.6. The molecular formula is C15H21FN2O. The highest BCUT2D eigenvalue weighted by Crippen LogP contribution is 2.11. The molecule has 1 atom stereocenters. The van der Waals surface area contributed by atoms with Gasteiger partial charge in [-0.3, -0.25) is 0 Å². The first-order chi connectivity index (χ1) is 9.02. The van der Waals surface area contributed by atoms with E-state index in [9.17, 15) is 9.50 Å². The van der Waals surface area contributed by atoms with Crippen LogP contribution in [0.3, 0.4) is 0 Å². The van der Waals surface area contributed by atoms with Crippen LogP contribution in [0.5, 0.6) is 0 Å². The van der Waals surface area contributed by atoms with Crippen LogP contribution in [0.1, 0.15) is 24.5 Å². The summed E-state index contributed by atoms with van der Waals surface area (Å²) in [6.45, 7) is 3.48. The third-order valence-electron chi connectivity index (χ3n) is 2.74.